The van der Waals surface area contributed by atoms with Gasteiger partial charge in [0.05, 0.1) is 11.4 Å². The second-order valence-electron chi connectivity index (χ2n) is 5.56. The third kappa shape index (κ3) is 2.78. The van der Waals surface area contributed by atoms with Crippen molar-refractivity contribution in [3.8, 4) is 27.6 Å². The molecule has 2 N–H and O–H groups in total. The number of nitrogens with two attached hydrogens (primary N) is 1. The number of thiazole rings is 1. The maximum Gasteiger partial charge on any atom is 0.165 e. The number of nitrogens with zero attached hydrogens (tertiary/aromatic N) is 4. The van der Waals surface area contributed by atoms with E-state index in [0.29, 0.717) is 22.2 Å². The molecule has 0 saturated heterocycles. The molecule has 0 spiro atoms. The van der Waals surface area contributed by atoms with Crippen LogP contribution in [0.15, 0.2) is 53.9 Å². The number of hydrogen-bond donors (Lipinski definition) is 1. The normalized spacial score (nSPS) is 11.0. The van der Waals surface area contributed by atoms with Gasteiger partial charge in [-0.05, 0) is 36.8 Å². The minimum atomic E-state index is -0.314. The van der Waals surface area contributed by atoms with Crippen molar-refractivity contribution in [1.29, 1.82) is 0 Å². The number of nitrogen functional groups attached to an aromatic ring is 1. The first-order valence-electron chi connectivity index (χ1n) is 7.62. The maximum absolute atomic E-state index is 13.1. The van der Waals surface area contributed by atoms with Gasteiger partial charge in [0.25, 0.3) is 0 Å². The van der Waals surface area contributed by atoms with Gasteiger partial charge in [0.15, 0.2) is 11.5 Å². The van der Waals surface area contributed by atoms with Crippen LogP contribution >= 0.6 is 11.3 Å². The second-order valence-corrected chi connectivity index (χ2v) is 6.42. The molecule has 0 amide bonds. The summed E-state index contributed by atoms with van der Waals surface area (Å²) in [7, 11) is 0. The lowest BCUT2D eigenvalue weighted by atomic mass is 10.1. The average molecular weight is 351 g/mol. The van der Waals surface area contributed by atoms with E-state index in [4.69, 9.17) is 5.73 Å². The van der Waals surface area contributed by atoms with Gasteiger partial charge in [0.2, 0.25) is 0 Å². The number of anilines is 1. The van der Waals surface area contributed by atoms with E-state index in [1.165, 1.54) is 28.2 Å². The third-order valence-electron chi connectivity index (χ3n) is 3.90. The minimum Gasteiger partial charge on any atom is -0.382 e. The Hall–Kier alpha value is -3.06. The summed E-state index contributed by atoms with van der Waals surface area (Å²) in [6.45, 7) is 2.05. The molecule has 0 bridgehead atoms. The van der Waals surface area contributed by atoms with Crippen molar-refractivity contribution in [3.63, 3.8) is 0 Å². The molecule has 0 aliphatic rings. The molecule has 0 fully saturated rings. The van der Waals surface area contributed by atoms with Crippen molar-refractivity contribution in [1.82, 2.24) is 20.0 Å². The molecule has 2 aromatic heterocycles. The molecule has 7 heteroatoms. The van der Waals surface area contributed by atoms with Gasteiger partial charge in [0, 0.05) is 10.9 Å². The zero-order valence-corrected chi connectivity index (χ0v) is 14.2. The molecule has 0 radical (unpaired) electrons. The van der Waals surface area contributed by atoms with Gasteiger partial charge < -0.3 is 5.73 Å². The number of benzene rings is 2. The van der Waals surface area contributed by atoms with E-state index >= 15 is 0 Å². The summed E-state index contributed by atoms with van der Waals surface area (Å²) >= 11 is 1.46. The highest BCUT2D eigenvalue weighted by molar-refractivity contribution is 7.13. The van der Waals surface area contributed by atoms with Crippen LogP contribution in [0.2, 0.25) is 0 Å². The Morgan fingerprint density at radius 3 is 2.60 bits per heavy atom. The van der Waals surface area contributed by atoms with Crippen molar-refractivity contribution in [2.45, 2.75) is 6.92 Å². The van der Waals surface area contributed by atoms with Gasteiger partial charge in [0.1, 0.15) is 10.8 Å². The SMILES string of the molecule is Cc1ccccc1-c1csc(-c2nnn(-c3ccc(F)cc3)c2N)n1. The van der Waals surface area contributed by atoms with Gasteiger partial charge in [-0.3, -0.25) is 0 Å². The van der Waals surface area contributed by atoms with Gasteiger partial charge in [-0.2, -0.15) is 4.68 Å². The molecule has 124 valence electrons. The lowest BCUT2D eigenvalue weighted by Gasteiger charge is -2.02. The summed E-state index contributed by atoms with van der Waals surface area (Å²) < 4.78 is 14.6. The highest BCUT2D eigenvalue weighted by atomic mass is 32.1. The quantitative estimate of drug-likeness (QED) is 0.604. The van der Waals surface area contributed by atoms with E-state index in [1.807, 2.05) is 36.6 Å². The molecule has 0 unspecified atom stereocenters. The Bertz CT molecular complexity index is 1040. The van der Waals surface area contributed by atoms with Gasteiger partial charge in [-0.1, -0.05) is 29.5 Å². The standard InChI is InChI=1S/C18H14FN5S/c1-11-4-2-3-5-14(11)15-10-25-18(21-15)16-17(20)24(23-22-16)13-8-6-12(19)7-9-13/h2-10H,20H2,1H3. The van der Waals surface area contributed by atoms with Gasteiger partial charge in [-0.25, -0.2) is 9.37 Å². The number of aryl methyl sites for hydroxylation is 1. The first-order valence-corrected chi connectivity index (χ1v) is 8.50. The molecule has 0 atom stereocenters. The van der Waals surface area contributed by atoms with Crippen LogP contribution < -0.4 is 5.73 Å². The summed E-state index contributed by atoms with van der Waals surface area (Å²) in [6, 6.07) is 14.0. The molecule has 2 heterocycles. The van der Waals surface area contributed by atoms with Crippen molar-refractivity contribution >= 4 is 17.2 Å². The summed E-state index contributed by atoms with van der Waals surface area (Å²) in [4.78, 5) is 4.66. The van der Waals surface area contributed by atoms with E-state index in [2.05, 4.69) is 15.3 Å². The van der Waals surface area contributed by atoms with Crippen molar-refractivity contribution in [2.75, 3.05) is 5.73 Å². The number of hydrogen-bond acceptors (Lipinski definition) is 5. The fraction of sp³-hybridized carbons (Fsp3) is 0.0556. The molecule has 5 nitrogen and oxygen atoms in total. The van der Waals surface area contributed by atoms with Crippen molar-refractivity contribution < 1.29 is 4.39 Å². The topological polar surface area (TPSA) is 69.6 Å². The van der Waals surface area contributed by atoms with Crippen LogP contribution in [0.1, 0.15) is 5.56 Å². The Morgan fingerprint density at radius 2 is 1.84 bits per heavy atom. The second kappa shape index (κ2) is 6.10. The van der Waals surface area contributed by atoms with E-state index in [-0.39, 0.29) is 5.82 Å². The van der Waals surface area contributed by atoms with E-state index in [0.717, 1.165) is 16.8 Å². The molecule has 4 aromatic rings. The minimum absolute atomic E-state index is 0.314. The van der Waals surface area contributed by atoms with Crippen LogP contribution in [0.3, 0.4) is 0 Å². The Morgan fingerprint density at radius 1 is 1.08 bits per heavy atom. The molecule has 0 aliphatic heterocycles. The molecule has 0 saturated carbocycles. The molecule has 2 aromatic carbocycles. The van der Waals surface area contributed by atoms with Gasteiger partial charge in [-0.15, -0.1) is 16.4 Å². The smallest absolute Gasteiger partial charge is 0.165 e. The zero-order valence-electron chi connectivity index (χ0n) is 13.3. The summed E-state index contributed by atoms with van der Waals surface area (Å²) in [6.07, 6.45) is 0. The maximum atomic E-state index is 13.1. The average Bonchev–Trinajstić information content (AvgIpc) is 3.23. The van der Waals surface area contributed by atoms with Crippen LogP contribution in [-0.4, -0.2) is 20.0 Å². The third-order valence-corrected chi connectivity index (χ3v) is 4.75. The van der Waals surface area contributed by atoms with Crippen LogP contribution in [0.4, 0.5) is 10.2 Å². The Kier molecular flexibility index (Phi) is 3.77. The number of aromatic nitrogens is 4. The first-order chi connectivity index (χ1) is 12.1. The van der Waals surface area contributed by atoms with Crippen LogP contribution in [0.25, 0.3) is 27.6 Å². The van der Waals surface area contributed by atoms with Crippen LogP contribution in [0.5, 0.6) is 0 Å². The molecular formula is C18H14FN5S. The molecule has 4 rings (SSSR count). The largest absolute Gasteiger partial charge is 0.382 e. The lowest BCUT2D eigenvalue weighted by Crippen LogP contribution is -2.02. The highest BCUT2D eigenvalue weighted by Gasteiger charge is 2.17. The van der Waals surface area contributed by atoms with Crippen LogP contribution in [-0.2, 0) is 0 Å². The molecular weight excluding hydrogens is 337 g/mol. The predicted octanol–water partition coefficient (Wildman–Crippen LogP) is 4.09. The van der Waals surface area contributed by atoms with Crippen molar-refractivity contribution in [3.05, 3.63) is 65.3 Å². The predicted molar refractivity (Wildman–Crippen MR) is 97.0 cm³/mol. The highest BCUT2D eigenvalue weighted by Crippen LogP contribution is 2.32. The van der Waals surface area contributed by atoms with E-state index < -0.39 is 0 Å². The van der Waals surface area contributed by atoms with E-state index in [1.54, 1.807) is 12.1 Å². The monoisotopic (exact) mass is 351 g/mol. The van der Waals surface area contributed by atoms with Crippen LogP contribution in [0, 0.1) is 12.7 Å². The fourth-order valence-electron chi connectivity index (χ4n) is 2.58. The van der Waals surface area contributed by atoms with Gasteiger partial charge >= 0.3 is 0 Å². The Balaban J connectivity index is 1.72. The lowest BCUT2D eigenvalue weighted by molar-refractivity contribution is 0.627. The molecule has 25 heavy (non-hydrogen) atoms. The van der Waals surface area contributed by atoms with Crippen molar-refractivity contribution in [2.24, 2.45) is 0 Å². The summed E-state index contributed by atoms with van der Waals surface area (Å²) in [5, 5.41) is 10.9. The summed E-state index contributed by atoms with van der Waals surface area (Å²) in [5.74, 6) is 0.0581. The zero-order chi connectivity index (χ0) is 17.4. The first kappa shape index (κ1) is 15.5. The molecule has 0 aliphatic carbocycles. The summed E-state index contributed by atoms with van der Waals surface area (Å²) in [5.41, 5.74) is 10.5. The number of halogens is 1. The number of rotatable bonds is 3. The fourth-order valence-corrected chi connectivity index (χ4v) is 3.39. The Labute approximate surface area is 147 Å². The van der Waals surface area contributed by atoms with E-state index in [9.17, 15) is 4.39 Å².